The Labute approximate surface area is 163 Å². The highest BCUT2D eigenvalue weighted by Crippen LogP contribution is 2.53. The summed E-state index contributed by atoms with van der Waals surface area (Å²) in [5, 5.41) is 32.0. The Hall–Kier alpha value is -3.09. The van der Waals surface area contributed by atoms with Crippen LogP contribution in [-0.4, -0.2) is 40.0 Å². The molecule has 0 aromatic heterocycles. The maximum atomic E-state index is 13.1. The fourth-order valence-electron chi connectivity index (χ4n) is 4.00. The van der Waals surface area contributed by atoms with Crippen LogP contribution >= 0.6 is 0 Å². The number of hydrogen-bond acceptors (Lipinski definition) is 7. The van der Waals surface area contributed by atoms with E-state index in [1.165, 1.54) is 20.8 Å². The van der Waals surface area contributed by atoms with Crippen LogP contribution in [0.4, 0.5) is 0 Å². The Morgan fingerprint density at radius 3 is 2.29 bits per heavy atom. The van der Waals surface area contributed by atoms with Gasteiger partial charge in [-0.15, -0.1) is 0 Å². The highest BCUT2D eigenvalue weighted by atomic mass is 16.5. The third-order valence-electron chi connectivity index (χ3n) is 5.24. The zero-order chi connectivity index (χ0) is 21.4. The van der Waals surface area contributed by atoms with Gasteiger partial charge in [-0.1, -0.05) is 12.2 Å². The number of rotatable bonds is 4. The number of methoxy groups -OCH3 is 1. The summed E-state index contributed by atoms with van der Waals surface area (Å²) in [4.78, 5) is 37.6. The van der Waals surface area contributed by atoms with Gasteiger partial charge < -0.3 is 20.1 Å². The zero-order valence-electron chi connectivity index (χ0n) is 16.5. The van der Waals surface area contributed by atoms with Crippen LogP contribution in [0.2, 0.25) is 0 Å². The standard InChI is InChI=1S/C21H24O7/c1-6-7-13-9-14(23)16-17(11(3)18(25)12(4)19(16)26)21(13,20(27)28-5)15(24)8-10(2)22/h6-8,13,24-26H,9H2,1-5H3/b7-6+,15-8-/t13-,21+/m0/s1. The third-order valence-corrected chi connectivity index (χ3v) is 5.24. The first kappa shape index (κ1) is 21.2. The van der Waals surface area contributed by atoms with E-state index in [-0.39, 0.29) is 34.4 Å². The van der Waals surface area contributed by atoms with Crippen LogP contribution in [0.15, 0.2) is 24.0 Å². The van der Waals surface area contributed by atoms with E-state index in [4.69, 9.17) is 4.74 Å². The molecule has 150 valence electrons. The van der Waals surface area contributed by atoms with E-state index < -0.39 is 40.4 Å². The van der Waals surface area contributed by atoms with Crippen molar-refractivity contribution >= 4 is 17.5 Å². The number of Topliss-reactive ketones (excluding diaryl/α,β-unsaturated/α-hetero) is 1. The van der Waals surface area contributed by atoms with Crippen molar-refractivity contribution in [1.82, 2.24) is 0 Å². The number of benzene rings is 1. The smallest absolute Gasteiger partial charge is 0.324 e. The van der Waals surface area contributed by atoms with E-state index in [2.05, 4.69) is 0 Å². The van der Waals surface area contributed by atoms with E-state index in [1.807, 2.05) is 0 Å². The largest absolute Gasteiger partial charge is 0.511 e. The first-order valence-electron chi connectivity index (χ1n) is 8.77. The molecular weight excluding hydrogens is 364 g/mol. The summed E-state index contributed by atoms with van der Waals surface area (Å²) in [6, 6.07) is 0. The number of phenols is 2. The van der Waals surface area contributed by atoms with Crippen LogP contribution in [0.5, 0.6) is 11.5 Å². The molecule has 0 aliphatic heterocycles. The summed E-state index contributed by atoms with van der Waals surface area (Å²) in [5.74, 6) is -4.16. The van der Waals surface area contributed by atoms with E-state index in [0.29, 0.717) is 0 Å². The van der Waals surface area contributed by atoms with Crippen molar-refractivity contribution in [2.24, 2.45) is 5.92 Å². The molecule has 2 atom stereocenters. The molecule has 0 amide bonds. The van der Waals surface area contributed by atoms with Crippen LogP contribution in [0.25, 0.3) is 0 Å². The number of phenolic OH excluding ortho intramolecular Hbond substituents is 2. The van der Waals surface area contributed by atoms with Crippen molar-refractivity contribution in [3.05, 3.63) is 46.2 Å². The number of hydrogen-bond donors (Lipinski definition) is 3. The number of aliphatic hydroxyl groups is 1. The van der Waals surface area contributed by atoms with E-state index >= 15 is 0 Å². The Morgan fingerprint density at radius 1 is 1.18 bits per heavy atom. The Bertz CT molecular complexity index is 923. The van der Waals surface area contributed by atoms with Crippen LogP contribution in [0.3, 0.4) is 0 Å². The number of carbonyl (C=O) groups is 3. The predicted molar refractivity (Wildman–Crippen MR) is 102 cm³/mol. The number of ether oxygens (including phenoxy) is 1. The molecule has 0 bridgehead atoms. The summed E-state index contributed by atoms with van der Waals surface area (Å²) in [5.41, 5.74) is -1.97. The molecule has 1 aromatic carbocycles. The lowest BCUT2D eigenvalue weighted by molar-refractivity contribution is -0.149. The van der Waals surface area contributed by atoms with E-state index in [1.54, 1.807) is 19.1 Å². The molecule has 0 fully saturated rings. The molecule has 0 saturated carbocycles. The highest BCUT2D eigenvalue weighted by molar-refractivity contribution is 6.08. The maximum absolute atomic E-state index is 13.1. The van der Waals surface area contributed by atoms with Gasteiger partial charge in [-0.25, -0.2) is 0 Å². The molecule has 0 heterocycles. The average molecular weight is 388 g/mol. The number of ketones is 2. The van der Waals surface area contributed by atoms with Gasteiger partial charge in [0.2, 0.25) is 0 Å². The van der Waals surface area contributed by atoms with Crippen molar-refractivity contribution in [1.29, 1.82) is 0 Å². The molecule has 7 heteroatoms. The molecule has 28 heavy (non-hydrogen) atoms. The predicted octanol–water partition coefficient (Wildman–Crippen LogP) is 2.94. The molecule has 0 spiro atoms. The summed E-state index contributed by atoms with van der Waals surface area (Å²) in [6.45, 7) is 5.81. The summed E-state index contributed by atoms with van der Waals surface area (Å²) >= 11 is 0. The van der Waals surface area contributed by atoms with Gasteiger partial charge in [0.1, 0.15) is 17.3 Å². The van der Waals surface area contributed by atoms with Gasteiger partial charge in [0.15, 0.2) is 17.0 Å². The minimum Gasteiger partial charge on any atom is -0.511 e. The van der Waals surface area contributed by atoms with E-state index in [0.717, 1.165) is 13.2 Å². The second-order valence-electron chi connectivity index (χ2n) is 6.90. The molecule has 0 radical (unpaired) electrons. The first-order valence-corrected chi connectivity index (χ1v) is 8.77. The van der Waals surface area contributed by atoms with Crippen LogP contribution in [0.1, 0.15) is 47.3 Å². The lowest BCUT2D eigenvalue weighted by Crippen LogP contribution is -2.50. The van der Waals surface area contributed by atoms with Gasteiger partial charge in [-0.3, -0.25) is 14.4 Å². The molecule has 1 aliphatic carbocycles. The van der Waals surface area contributed by atoms with Crippen molar-refractivity contribution in [2.45, 2.75) is 39.5 Å². The quantitative estimate of drug-likeness (QED) is 0.314. The number of esters is 1. The van der Waals surface area contributed by atoms with Gasteiger partial charge in [0.25, 0.3) is 0 Å². The fourth-order valence-corrected chi connectivity index (χ4v) is 4.00. The van der Waals surface area contributed by atoms with Gasteiger partial charge in [-0.2, -0.15) is 0 Å². The minimum atomic E-state index is -1.97. The van der Waals surface area contributed by atoms with E-state index in [9.17, 15) is 29.7 Å². The number of allylic oxidation sites excluding steroid dienone is 3. The second-order valence-corrected chi connectivity index (χ2v) is 6.90. The van der Waals surface area contributed by atoms with Crippen LogP contribution in [-0.2, 0) is 19.7 Å². The first-order chi connectivity index (χ1) is 13.0. The molecule has 0 saturated heterocycles. The van der Waals surface area contributed by atoms with Gasteiger partial charge in [0, 0.05) is 24.0 Å². The highest BCUT2D eigenvalue weighted by Gasteiger charge is 2.58. The van der Waals surface area contributed by atoms with Crippen molar-refractivity contribution < 1.29 is 34.4 Å². The second kappa shape index (κ2) is 7.50. The molecule has 0 unspecified atom stereocenters. The minimum absolute atomic E-state index is 0.0608. The lowest BCUT2D eigenvalue weighted by Gasteiger charge is -2.42. The number of carbonyl (C=O) groups excluding carboxylic acids is 3. The van der Waals surface area contributed by atoms with Gasteiger partial charge in [0.05, 0.1) is 12.7 Å². The molecular formula is C21H24O7. The fraction of sp³-hybridized carbons (Fsp3) is 0.381. The topological polar surface area (TPSA) is 121 Å². The lowest BCUT2D eigenvalue weighted by atomic mass is 9.59. The Kier molecular flexibility index (Phi) is 5.68. The third kappa shape index (κ3) is 2.87. The van der Waals surface area contributed by atoms with Crippen LogP contribution in [0, 0.1) is 19.8 Å². The number of aromatic hydroxyl groups is 2. The molecule has 1 aliphatic rings. The Morgan fingerprint density at radius 2 is 1.79 bits per heavy atom. The summed E-state index contributed by atoms with van der Waals surface area (Å²) in [6.07, 6.45) is 3.86. The zero-order valence-corrected chi connectivity index (χ0v) is 16.5. The normalized spacial score (nSPS) is 22.2. The van der Waals surface area contributed by atoms with Gasteiger partial charge in [-0.05, 0) is 38.8 Å². The summed E-state index contributed by atoms with van der Waals surface area (Å²) in [7, 11) is 1.12. The summed E-state index contributed by atoms with van der Waals surface area (Å²) < 4.78 is 4.97. The van der Waals surface area contributed by atoms with Crippen molar-refractivity contribution in [2.75, 3.05) is 7.11 Å². The van der Waals surface area contributed by atoms with Crippen molar-refractivity contribution in [3.8, 4) is 11.5 Å². The van der Waals surface area contributed by atoms with Gasteiger partial charge >= 0.3 is 5.97 Å². The monoisotopic (exact) mass is 388 g/mol. The number of fused-ring (bicyclic) bond motifs is 1. The molecule has 3 N–H and O–H groups in total. The molecule has 7 nitrogen and oxygen atoms in total. The average Bonchev–Trinajstić information content (AvgIpc) is 2.63. The van der Waals surface area contributed by atoms with Crippen molar-refractivity contribution in [3.63, 3.8) is 0 Å². The van der Waals surface area contributed by atoms with Crippen LogP contribution < -0.4 is 0 Å². The number of aliphatic hydroxyl groups excluding tert-OH is 1. The molecule has 2 rings (SSSR count). The SMILES string of the molecule is C/C=C/[C@H]1CC(=O)c2c(O)c(C)c(O)c(C)c2[C@]1(C(=O)OC)/C(O)=C/C(C)=O. The Balaban J connectivity index is 3.16. The maximum Gasteiger partial charge on any atom is 0.324 e. The molecule has 1 aromatic rings.